The van der Waals surface area contributed by atoms with Crippen LogP contribution in [0.4, 0.5) is 13.2 Å². The van der Waals surface area contributed by atoms with Crippen LogP contribution in [0.25, 0.3) is 0 Å². The molecule has 0 bridgehead atoms. The van der Waals surface area contributed by atoms with Gasteiger partial charge in [0.1, 0.15) is 0 Å². The third kappa shape index (κ3) is 2.16. The highest BCUT2D eigenvalue weighted by Crippen LogP contribution is 2.27. The summed E-state index contributed by atoms with van der Waals surface area (Å²) in [5.74, 6) is -0.599. The summed E-state index contributed by atoms with van der Waals surface area (Å²) in [6, 6.07) is 0.776. The number of aliphatic hydroxyl groups excluding tert-OH is 2. The first kappa shape index (κ1) is 12.4. The first-order valence-corrected chi connectivity index (χ1v) is 4.82. The van der Waals surface area contributed by atoms with Crippen molar-refractivity contribution >= 4 is 5.96 Å². The number of rotatable bonds is 0. The van der Waals surface area contributed by atoms with Crippen LogP contribution < -0.4 is 0 Å². The van der Waals surface area contributed by atoms with E-state index in [0.717, 1.165) is 27.9 Å². The molecule has 2 rings (SSSR count). The molecule has 9 heteroatoms. The third-order valence-electron chi connectivity index (χ3n) is 2.31. The van der Waals surface area contributed by atoms with Crippen molar-refractivity contribution in [3.63, 3.8) is 0 Å². The number of likely N-dealkylation sites (N-methyl/N-ethyl adjacent to an activating group) is 1. The lowest BCUT2D eigenvalue weighted by Gasteiger charge is -2.27. The highest BCUT2D eigenvalue weighted by Gasteiger charge is 2.34. The van der Waals surface area contributed by atoms with Gasteiger partial charge in [0.2, 0.25) is 11.8 Å². The predicted octanol–water partition coefficient (Wildman–Crippen LogP) is 0.769. The lowest BCUT2D eigenvalue weighted by atomic mass is 10.4. The van der Waals surface area contributed by atoms with Gasteiger partial charge < -0.3 is 15.1 Å². The monoisotopic (exact) mass is 262 g/mol. The molecule has 18 heavy (non-hydrogen) atoms. The van der Waals surface area contributed by atoms with Gasteiger partial charge in [-0.2, -0.15) is 23.3 Å². The van der Waals surface area contributed by atoms with Gasteiger partial charge in [-0.25, -0.2) is 4.68 Å². The van der Waals surface area contributed by atoms with E-state index in [0.29, 0.717) is 0 Å². The van der Waals surface area contributed by atoms with Crippen molar-refractivity contribution in [3.05, 3.63) is 29.9 Å². The summed E-state index contributed by atoms with van der Waals surface area (Å²) in [6.45, 7) is 0. The van der Waals surface area contributed by atoms with E-state index in [9.17, 15) is 23.4 Å². The molecule has 1 aromatic rings. The van der Waals surface area contributed by atoms with E-state index in [1.807, 2.05) is 0 Å². The van der Waals surface area contributed by atoms with E-state index >= 15 is 0 Å². The number of halogens is 3. The highest BCUT2D eigenvalue weighted by atomic mass is 19.4. The SMILES string of the molecule is CN1C(n2ccc(C(F)(F)F)n2)=NC(O)=CC1O. The zero-order valence-corrected chi connectivity index (χ0v) is 9.13. The number of aromatic nitrogens is 2. The van der Waals surface area contributed by atoms with Crippen LogP contribution in [0.15, 0.2) is 29.2 Å². The Balaban J connectivity index is 2.37. The topological polar surface area (TPSA) is 73.9 Å². The minimum Gasteiger partial charge on any atom is -0.493 e. The first-order chi connectivity index (χ1) is 8.29. The average Bonchev–Trinajstić information content (AvgIpc) is 2.71. The smallest absolute Gasteiger partial charge is 0.435 e. The van der Waals surface area contributed by atoms with Crippen LogP contribution in [0.5, 0.6) is 0 Å². The van der Waals surface area contributed by atoms with Gasteiger partial charge in [-0.3, -0.25) is 0 Å². The molecule has 1 aliphatic heterocycles. The highest BCUT2D eigenvalue weighted by molar-refractivity contribution is 5.83. The molecular formula is C9H9F3N4O2. The predicted molar refractivity (Wildman–Crippen MR) is 54.5 cm³/mol. The Morgan fingerprint density at radius 2 is 2.06 bits per heavy atom. The Bertz CT molecular complexity index is 520. The fourth-order valence-electron chi connectivity index (χ4n) is 1.38. The van der Waals surface area contributed by atoms with Gasteiger partial charge in [0.15, 0.2) is 11.9 Å². The summed E-state index contributed by atoms with van der Waals surface area (Å²) >= 11 is 0. The molecule has 6 nitrogen and oxygen atoms in total. The van der Waals surface area contributed by atoms with Gasteiger partial charge in [-0.15, -0.1) is 0 Å². The molecule has 0 fully saturated rings. The van der Waals surface area contributed by atoms with Gasteiger partial charge in [0.05, 0.1) is 0 Å². The summed E-state index contributed by atoms with van der Waals surface area (Å²) in [7, 11) is 1.40. The second-order valence-electron chi connectivity index (χ2n) is 3.60. The van der Waals surface area contributed by atoms with Crippen LogP contribution in [0.2, 0.25) is 0 Å². The van der Waals surface area contributed by atoms with Crippen LogP contribution >= 0.6 is 0 Å². The molecule has 2 N–H and O–H groups in total. The zero-order chi connectivity index (χ0) is 13.5. The van der Waals surface area contributed by atoms with Gasteiger partial charge in [0, 0.05) is 19.3 Å². The Kier molecular flexibility index (Phi) is 2.77. The lowest BCUT2D eigenvalue weighted by Crippen LogP contribution is -2.42. The number of aliphatic hydroxyl groups is 2. The third-order valence-corrected chi connectivity index (χ3v) is 2.31. The van der Waals surface area contributed by atoms with Crippen LogP contribution in [0.1, 0.15) is 5.69 Å². The minimum atomic E-state index is -4.56. The van der Waals surface area contributed by atoms with E-state index in [2.05, 4.69) is 10.1 Å². The summed E-state index contributed by atoms with van der Waals surface area (Å²) < 4.78 is 38.0. The van der Waals surface area contributed by atoms with Crippen LogP contribution in [0.3, 0.4) is 0 Å². The average molecular weight is 262 g/mol. The van der Waals surface area contributed by atoms with Crippen molar-refractivity contribution in [1.29, 1.82) is 0 Å². The summed E-state index contributed by atoms with van der Waals surface area (Å²) in [6.07, 6.45) is -3.66. The Morgan fingerprint density at radius 3 is 2.61 bits per heavy atom. The second-order valence-corrected chi connectivity index (χ2v) is 3.60. The normalized spacial score (nSPS) is 20.7. The van der Waals surface area contributed by atoms with Crippen LogP contribution in [-0.4, -0.2) is 44.1 Å². The number of alkyl halides is 3. The standard InChI is InChI=1S/C9H9F3N4O2/c1-15-7(18)4-6(17)13-8(15)16-3-2-5(14-16)9(10,11)12/h2-4,7,17-18H,1H3. The van der Waals surface area contributed by atoms with Crippen molar-refractivity contribution in [1.82, 2.24) is 14.7 Å². The molecule has 0 saturated carbocycles. The van der Waals surface area contributed by atoms with Gasteiger partial charge in [-0.1, -0.05) is 0 Å². The van der Waals surface area contributed by atoms with Gasteiger partial charge in [-0.05, 0) is 6.07 Å². The number of aliphatic imine (C=N–C) groups is 1. The minimum absolute atomic E-state index is 0.113. The van der Waals surface area contributed by atoms with Crippen molar-refractivity contribution in [2.24, 2.45) is 4.99 Å². The van der Waals surface area contributed by atoms with E-state index in [1.165, 1.54) is 7.05 Å². The molecule has 2 heterocycles. The fourth-order valence-corrected chi connectivity index (χ4v) is 1.38. The molecular weight excluding hydrogens is 253 g/mol. The van der Waals surface area contributed by atoms with Crippen molar-refractivity contribution < 1.29 is 23.4 Å². The molecule has 98 valence electrons. The molecule has 0 radical (unpaired) electrons. The van der Waals surface area contributed by atoms with Crippen LogP contribution in [0, 0.1) is 0 Å². The summed E-state index contributed by atoms with van der Waals surface area (Å²) in [4.78, 5) is 4.77. The molecule has 1 aliphatic rings. The summed E-state index contributed by atoms with van der Waals surface area (Å²) in [5, 5.41) is 22.0. The van der Waals surface area contributed by atoms with E-state index < -0.39 is 24.0 Å². The second kappa shape index (κ2) is 4.02. The zero-order valence-electron chi connectivity index (χ0n) is 9.13. The maximum absolute atomic E-state index is 12.4. The van der Waals surface area contributed by atoms with Crippen molar-refractivity contribution in [2.75, 3.05) is 7.05 Å². The first-order valence-electron chi connectivity index (χ1n) is 4.82. The lowest BCUT2D eigenvalue weighted by molar-refractivity contribution is -0.141. The summed E-state index contributed by atoms with van der Waals surface area (Å²) in [5.41, 5.74) is -1.08. The molecule has 1 unspecified atom stereocenters. The van der Waals surface area contributed by atoms with Crippen molar-refractivity contribution in [2.45, 2.75) is 12.4 Å². The van der Waals surface area contributed by atoms with Crippen LogP contribution in [-0.2, 0) is 6.18 Å². The van der Waals surface area contributed by atoms with E-state index in [4.69, 9.17) is 0 Å². The molecule has 0 aromatic carbocycles. The van der Waals surface area contributed by atoms with E-state index in [1.54, 1.807) is 0 Å². The molecule has 0 saturated heterocycles. The number of hydrogen-bond acceptors (Lipinski definition) is 5. The maximum atomic E-state index is 12.4. The van der Waals surface area contributed by atoms with Gasteiger partial charge in [0.25, 0.3) is 0 Å². The Hall–Kier alpha value is -2.03. The maximum Gasteiger partial charge on any atom is 0.435 e. The van der Waals surface area contributed by atoms with Gasteiger partial charge >= 0.3 is 6.18 Å². The Morgan fingerprint density at radius 1 is 1.39 bits per heavy atom. The van der Waals surface area contributed by atoms with E-state index in [-0.39, 0.29) is 5.96 Å². The molecule has 0 spiro atoms. The molecule has 1 aromatic heterocycles. The molecule has 0 aliphatic carbocycles. The number of hydrogen-bond donors (Lipinski definition) is 2. The fraction of sp³-hybridized carbons (Fsp3) is 0.333. The largest absolute Gasteiger partial charge is 0.493 e. The molecule has 1 atom stereocenters. The quantitative estimate of drug-likeness (QED) is 0.724. The molecule has 0 amide bonds. The Labute approximate surface area is 99.3 Å². The number of nitrogens with zero attached hydrogens (tertiary/aromatic N) is 4. The van der Waals surface area contributed by atoms with Crippen molar-refractivity contribution in [3.8, 4) is 0 Å².